The van der Waals surface area contributed by atoms with Crippen molar-refractivity contribution >= 4 is 17.5 Å². The summed E-state index contributed by atoms with van der Waals surface area (Å²) in [6.07, 6.45) is 0. The van der Waals surface area contributed by atoms with Gasteiger partial charge in [-0.15, -0.1) is 0 Å². The monoisotopic (exact) mass is 395 g/mol. The SMILES string of the molecule is Cc1ccc(Cn2nc(C)c(C(=O)NC(C)c3cc(C)ccc3C)c2Cl)cc1. The molecule has 1 amide bonds. The van der Waals surface area contributed by atoms with Crippen LogP contribution in [0.5, 0.6) is 0 Å². The summed E-state index contributed by atoms with van der Waals surface area (Å²) in [7, 11) is 0. The third kappa shape index (κ3) is 4.28. The molecule has 5 heteroatoms. The van der Waals surface area contributed by atoms with Crippen LogP contribution < -0.4 is 5.32 Å². The predicted octanol–water partition coefficient (Wildman–Crippen LogP) is 5.31. The molecular weight excluding hydrogens is 370 g/mol. The van der Waals surface area contributed by atoms with Crippen LogP contribution in [0, 0.1) is 27.7 Å². The molecule has 146 valence electrons. The lowest BCUT2D eigenvalue weighted by molar-refractivity contribution is 0.0939. The summed E-state index contributed by atoms with van der Waals surface area (Å²) in [5.41, 5.74) is 6.78. The molecule has 4 nitrogen and oxygen atoms in total. The number of carbonyl (C=O) groups is 1. The average Bonchev–Trinajstić information content (AvgIpc) is 2.92. The van der Waals surface area contributed by atoms with Gasteiger partial charge in [0.25, 0.3) is 5.91 Å². The summed E-state index contributed by atoms with van der Waals surface area (Å²) in [6, 6.07) is 14.3. The molecular formula is C23H26ClN3O. The topological polar surface area (TPSA) is 46.9 Å². The van der Waals surface area contributed by atoms with Gasteiger partial charge in [0.15, 0.2) is 0 Å². The van der Waals surface area contributed by atoms with E-state index in [0.717, 1.165) is 16.7 Å². The molecule has 1 unspecified atom stereocenters. The molecule has 0 saturated heterocycles. The zero-order valence-electron chi connectivity index (χ0n) is 17.0. The summed E-state index contributed by atoms with van der Waals surface area (Å²) < 4.78 is 1.68. The molecule has 1 aromatic heterocycles. The van der Waals surface area contributed by atoms with Crippen molar-refractivity contribution in [3.05, 3.63) is 86.7 Å². The third-order valence-electron chi connectivity index (χ3n) is 4.99. The Hall–Kier alpha value is -2.59. The van der Waals surface area contributed by atoms with E-state index in [4.69, 9.17) is 11.6 Å². The Bertz CT molecular complexity index is 1010. The van der Waals surface area contributed by atoms with Crippen LogP contribution in [0.25, 0.3) is 0 Å². The molecule has 0 saturated carbocycles. The fourth-order valence-corrected chi connectivity index (χ4v) is 3.68. The van der Waals surface area contributed by atoms with Crippen molar-refractivity contribution in [3.8, 4) is 0 Å². The number of hydrogen-bond donors (Lipinski definition) is 1. The van der Waals surface area contributed by atoms with E-state index in [-0.39, 0.29) is 11.9 Å². The number of benzene rings is 2. The summed E-state index contributed by atoms with van der Waals surface area (Å²) in [6.45, 7) is 10.5. The van der Waals surface area contributed by atoms with Gasteiger partial charge in [-0.25, -0.2) is 4.68 Å². The maximum atomic E-state index is 12.9. The Balaban J connectivity index is 1.81. The van der Waals surface area contributed by atoms with E-state index in [2.05, 4.69) is 47.7 Å². The highest BCUT2D eigenvalue weighted by molar-refractivity contribution is 6.33. The lowest BCUT2D eigenvalue weighted by Gasteiger charge is -2.17. The van der Waals surface area contributed by atoms with E-state index < -0.39 is 0 Å². The molecule has 0 spiro atoms. The number of hydrogen-bond acceptors (Lipinski definition) is 2. The summed E-state index contributed by atoms with van der Waals surface area (Å²) in [4.78, 5) is 12.9. The summed E-state index contributed by atoms with van der Waals surface area (Å²) >= 11 is 6.53. The first-order valence-corrected chi connectivity index (χ1v) is 9.80. The van der Waals surface area contributed by atoms with Crippen LogP contribution in [-0.4, -0.2) is 15.7 Å². The molecule has 28 heavy (non-hydrogen) atoms. The molecule has 0 bridgehead atoms. The number of aromatic nitrogens is 2. The van der Waals surface area contributed by atoms with E-state index in [1.807, 2.05) is 39.8 Å². The number of rotatable bonds is 5. The van der Waals surface area contributed by atoms with Crippen LogP contribution in [-0.2, 0) is 6.54 Å². The highest BCUT2D eigenvalue weighted by Crippen LogP contribution is 2.24. The van der Waals surface area contributed by atoms with Crippen molar-refractivity contribution in [1.29, 1.82) is 0 Å². The Labute approximate surface area is 171 Å². The number of carbonyl (C=O) groups excluding carboxylic acids is 1. The second kappa shape index (κ2) is 8.19. The minimum absolute atomic E-state index is 0.122. The van der Waals surface area contributed by atoms with Gasteiger partial charge < -0.3 is 5.32 Å². The molecule has 2 aromatic carbocycles. The number of nitrogens with zero attached hydrogens (tertiary/aromatic N) is 2. The van der Waals surface area contributed by atoms with Gasteiger partial charge >= 0.3 is 0 Å². The van der Waals surface area contributed by atoms with Crippen molar-refractivity contribution in [2.24, 2.45) is 0 Å². The fourth-order valence-electron chi connectivity index (χ4n) is 3.36. The number of nitrogens with one attached hydrogen (secondary N) is 1. The first kappa shape index (κ1) is 20.2. The lowest BCUT2D eigenvalue weighted by Crippen LogP contribution is -2.27. The molecule has 3 aromatic rings. The molecule has 0 aliphatic carbocycles. The smallest absolute Gasteiger partial charge is 0.256 e. The average molecular weight is 396 g/mol. The van der Waals surface area contributed by atoms with E-state index in [9.17, 15) is 4.79 Å². The quantitative estimate of drug-likeness (QED) is 0.636. The van der Waals surface area contributed by atoms with Gasteiger partial charge in [0.1, 0.15) is 5.15 Å². The van der Waals surface area contributed by atoms with Gasteiger partial charge in [-0.05, 0) is 51.3 Å². The highest BCUT2D eigenvalue weighted by Gasteiger charge is 2.22. The van der Waals surface area contributed by atoms with Gasteiger partial charge in [-0.2, -0.15) is 5.10 Å². The lowest BCUT2D eigenvalue weighted by atomic mass is 10.00. The Morgan fingerprint density at radius 2 is 1.71 bits per heavy atom. The van der Waals surface area contributed by atoms with Crippen molar-refractivity contribution < 1.29 is 4.79 Å². The number of amides is 1. The van der Waals surface area contributed by atoms with Crippen LogP contribution in [0.2, 0.25) is 5.15 Å². The molecule has 3 rings (SSSR count). The first-order chi connectivity index (χ1) is 13.3. The van der Waals surface area contributed by atoms with Crippen molar-refractivity contribution in [2.45, 2.75) is 47.2 Å². The molecule has 0 fully saturated rings. The standard InChI is InChI=1S/C23H26ClN3O/c1-14-7-10-19(11-8-14)13-27-22(24)21(18(5)26-27)23(28)25-17(4)20-12-15(2)6-9-16(20)3/h6-12,17H,13H2,1-5H3,(H,25,28). The molecule has 1 heterocycles. The van der Waals surface area contributed by atoms with Gasteiger partial charge in [0, 0.05) is 0 Å². The third-order valence-corrected chi connectivity index (χ3v) is 5.38. The maximum Gasteiger partial charge on any atom is 0.256 e. The molecule has 0 radical (unpaired) electrons. The predicted molar refractivity (Wildman–Crippen MR) is 114 cm³/mol. The van der Waals surface area contributed by atoms with Crippen LogP contribution in [0.15, 0.2) is 42.5 Å². The summed E-state index contributed by atoms with van der Waals surface area (Å²) in [5, 5.41) is 7.92. The maximum absolute atomic E-state index is 12.9. The van der Waals surface area contributed by atoms with Gasteiger partial charge in [0.2, 0.25) is 0 Å². The molecule has 0 aliphatic rings. The van der Waals surface area contributed by atoms with Crippen LogP contribution in [0.4, 0.5) is 0 Å². The first-order valence-electron chi connectivity index (χ1n) is 9.42. The Morgan fingerprint density at radius 1 is 1.07 bits per heavy atom. The van der Waals surface area contributed by atoms with Crippen LogP contribution in [0.1, 0.15) is 56.8 Å². The van der Waals surface area contributed by atoms with E-state index in [0.29, 0.717) is 23.0 Å². The normalized spacial score (nSPS) is 12.1. The van der Waals surface area contributed by atoms with Crippen molar-refractivity contribution in [2.75, 3.05) is 0 Å². The van der Waals surface area contributed by atoms with Crippen molar-refractivity contribution in [1.82, 2.24) is 15.1 Å². The minimum Gasteiger partial charge on any atom is -0.345 e. The van der Waals surface area contributed by atoms with Crippen LogP contribution >= 0.6 is 11.6 Å². The Morgan fingerprint density at radius 3 is 2.39 bits per heavy atom. The molecule has 0 aliphatic heterocycles. The Kier molecular flexibility index (Phi) is 5.90. The second-order valence-corrected chi connectivity index (χ2v) is 7.81. The molecule has 1 atom stereocenters. The zero-order valence-corrected chi connectivity index (χ0v) is 17.8. The second-order valence-electron chi connectivity index (χ2n) is 7.45. The molecule has 1 N–H and O–H groups in total. The van der Waals surface area contributed by atoms with E-state index in [1.54, 1.807) is 4.68 Å². The van der Waals surface area contributed by atoms with E-state index in [1.165, 1.54) is 11.1 Å². The van der Waals surface area contributed by atoms with Gasteiger partial charge in [-0.3, -0.25) is 4.79 Å². The van der Waals surface area contributed by atoms with Gasteiger partial charge in [-0.1, -0.05) is 65.2 Å². The zero-order chi connectivity index (χ0) is 20.4. The van der Waals surface area contributed by atoms with Gasteiger partial charge in [0.05, 0.1) is 23.8 Å². The fraction of sp³-hybridized carbons (Fsp3) is 0.304. The highest BCUT2D eigenvalue weighted by atomic mass is 35.5. The number of halogens is 1. The number of aryl methyl sites for hydroxylation is 4. The summed E-state index contributed by atoms with van der Waals surface area (Å²) in [5.74, 6) is -0.203. The van der Waals surface area contributed by atoms with Crippen LogP contribution in [0.3, 0.4) is 0 Å². The van der Waals surface area contributed by atoms with Crippen molar-refractivity contribution in [3.63, 3.8) is 0 Å². The van der Waals surface area contributed by atoms with E-state index >= 15 is 0 Å². The largest absolute Gasteiger partial charge is 0.345 e. The minimum atomic E-state index is -0.203.